The summed E-state index contributed by atoms with van der Waals surface area (Å²) in [6.07, 6.45) is 3.32. The van der Waals surface area contributed by atoms with Gasteiger partial charge in [0.1, 0.15) is 6.54 Å². The Kier molecular flexibility index (Phi) is 3.10. The number of nitrogens with zero attached hydrogens (tertiary/aromatic N) is 2. The van der Waals surface area contributed by atoms with Crippen LogP contribution < -0.4 is 4.90 Å². The van der Waals surface area contributed by atoms with Gasteiger partial charge in [0.15, 0.2) is 0 Å². The minimum atomic E-state index is -0.0582. The van der Waals surface area contributed by atoms with Crippen molar-refractivity contribution in [3.8, 4) is 0 Å². The van der Waals surface area contributed by atoms with Gasteiger partial charge in [-0.05, 0) is 36.8 Å². The Balaban J connectivity index is 1.65. The number of rotatable bonds is 2. The summed E-state index contributed by atoms with van der Waals surface area (Å²) in [7, 11) is 0. The van der Waals surface area contributed by atoms with Crippen molar-refractivity contribution in [1.82, 2.24) is 4.90 Å². The number of carbonyl (C=O) groups excluding carboxylic acids is 2. The van der Waals surface area contributed by atoms with Gasteiger partial charge in [-0.15, -0.1) is 0 Å². The van der Waals surface area contributed by atoms with E-state index >= 15 is 0 Å². The molecular formula is C18H18N2O2. The molecule has 22 heavy (non-hydrogen) atoms. The monoisotopic (exact) mass is 294 g/mol. The molecule has 0 atom stereocenters. The van der Waals surface area contributed by atoms with E-state index in [9.17, 15) is 9.59 Å². The summed E-state index contributed by atoms with van der Waals surface area (Å²) in [4.78, 5) is 28.7. The molecule has 2 aromatic carbocycles. The van der Waals surface area contributed by atoms with E-state index < -0.39 is 0 Å². The summed E-state index contributed by atoms with van der Waals surface area (Å²) in [5.41, 5.74) is 1.57. The molecule has 112 valence electrons. The molecule has 4 heteroatoms. The number of carbonyl (C=O) groups is 2. The van der Waals surface area contributed by atoms with Crippen LogP contribution in [-0.4, -0.2) is 36.3 Å². The summed E-state index contributed by atoms with van der Waals surface area (Å²) in [6, 6.07) is 11.6. The SMILES string of the molecule is O=C(CN1C(=O)c2cccc3cccc1c23)N1CCCCC1. The number of likely N-dealkylation sites (tertiary alicyclic amines) is 1. The number of hydrogen-bond acceptors (Lipinski definition) is 2. The molecule has 0 aromatic heterocycles. The number of hydrogen-bond donors (Lipinski definition) is 0. The molecule has 0 spiro atoms. The third-order valence-electron chi connectivity index (χ3n) is 4.65. The van der Waals surface area contributed by atoms with E-state index in [0.717, 1.165) is 42.4 Å². The van der Waals surface area contributed by atoms with Crippen LogP contribution in [0.1, 0.15) is 29.6 Å². The zero-order valence-corrected chi connectivity index (χ0v) is 12.4. The van der Waals surface area contributed by atoms with Crippen molar-refractivity contribution in [1.29, 1.82) is 0 Å². The third-order valence-corrected chi connectivity index (χ3v) is 4.65. The largest absolute Gasteiger partial charge is 0.341 e. The van der Waals surface area contributed by atoms with E-state index in [-0.39, 0.29) is 18.4 Å². The van der Waals surface area contributed by atoms with Gasteiger partial charge in [-0.2, -0.15) is 0 Å². The second-order valence-electron chi connectivity index (χ2n) is 6.01. The molecule has 0 unspecified atom stereocenters. The van der Waals surface area contributed by atoms with Crippen LogP contribution in [0.15, 0.2) is 36.4 Å². The summed E-state index contributed by atoms with van der Waals surface area (Å²) >= 11 is 0. The minimum Gasteiger partial charge on any atom is -0.341 e. The summed E-state index contributed by atoms with van der Waals surface area (Å²) in [6.45, 7) is 1.78. The van der Waals surface area contributed by atoms with Gasteiger partial charge in [0.05, 0.1) is 5.69 Å². The molecule has 2 aliphatic rings. The Morgan fingerprint density at radius 1 is 1.00 bits per heavy atom. The molecule has 0 radical (unpaired) electrons. The van der Waals surface area contributed by atoms with Gasteiger partial charge in [0.25, 0.3) is 5.91 Å². The molecule has 2 heterocycles. The second-order valence-corrected chi connectivity index (χ2v) is 6.01. The predicted molar refractivity (Wildman–Crippen MR) is 86.1 cm³/mol. The lowest BCUT2D eigenvalue weighted by molar-refractivity contribution is -0.130. The van der Waals surface area contributed by atoms with Gasteiger partial charge in [0, 0.05) is 24.0 Å². The van der Waals surface area contributed by atoms with Crippen molar-refractivity contribution in [3.63, 3.8) is 0 Å². The van der Waals surface area contributed by atoms with Crippen molar-refractivity contribution in [2.45, 2.75) is 19.3 Å². The van der Waals surface area contributed by atoms with E-state index in [1.165, 1.54) is 6.42 Å². The topological polar surface area (TPSA) is 40.6 Å². The Morgan fingerprint density at radius 3 is 2.50 bits per heavy atom. The highest BCUT2D eigenvalue weighted by Crippen LogP contribution is 2.37. The maximum Gasteiger partial charge on any atom is 0.259 e. The zero-order valence-electron chi connectivity index (χ0n) is 12.4. The van der Waals surface area contributed by atoms with Crippen LogP contribution in [0.4, 0.5) is 5.69 Å². The first-order chi connectivity index (χ1) is 10.8. The summed E-state index contributed by atoms with van der Waals surface area (Å²) in [5.74, 6) is -0.00461. The first kappa shape index (κ1) is 13.3. The molecule has 1 saturated heterocycles. The molecule has 4 nitrogen and oxygen atoms in total. The lowest BCUT2D eigenvalue weighted by Crippen LogP contribution is -2.43. The first-order valence-electron chi connectivity index (χ1n) is 7.87. The summed E-state index contributed by atoms with van der Waals surface area (Å²) < 4.78 is 0. The van der Waals surface area contributed by atoms with Crippen LogP contribution in [0.3, 0.4) is 0 Å². The molecule has 0 saturated carbocycles. The molecule has 1 fully saturated rings. The predicted octanol–water partition coefficient (Wildman–Crippen LogP) is 2.81. The second kappa shape index (κ2) is 5.13. The maximum absolute atomic E-state index is 12.7. The molecule has 0 bridgehead atoms. The van der Waals surface area contributed by atoms with Crippen LogP contribution in [0.5, 0.6) is 0 Å². The smallest absolute Gasteiger partial charge is 0.259 e. The molecular weight excluding hydrogens is 276 g/mol. The summed E-state index contributed by atoms with van der Waals surface area (Å²) in [5, 5.41) is 2.03. The molecule has 0 N–H and O–H groups in total. The molecule has 2 aliphatic heterocycles. The number of amides is 2. The van der Waals surface area contributed by atoms with Crippen molar-refractivity contribution in [2.24, 2.45) is 0 Å². The van der Waals surface area contributed by atoms with E-state index in [4.69, 9.17) is 0 Å². The van der Waals surface area contributed by atoms with E-state index in [2.05, 4.69) is 0 Å². The fourth-order valence-electron chi connectivity index (χ4n) is 3.51. The van der Waals surface area contributed by atoms with Gasteiger partial charge in [-0.1, -0.05) is 24.3 Å². The Labute approximate surface area is 129 Å². The van der Waals surface area contributed by atoms with Gasteiger partial charge >= 0.3 is 0 Å². The number of benzene rings is 2. The van der Waals surface area contributed by atoms with Crippen molar-refractivity contribution in [3.05, 3.63) is 42.0 Å². The van der Waals surface area contributed by atoms with E-state index in [0.29, 0.717) is 5.56 Å². The molecule has 0 aliphatic carbocycles. The molecule has 2 amide bonds. The zero-order chi connectivity index (χ0) is 15.1. The van der Waals surface area contributed by atoms with E-state index in [1.54, 1.807) is 4.90 Å². The van der Waals surface area contributed by atoms with Crippen LogP contribution in [0.2, 0.25) is 0 Å². The highest BCUT2D eigenvalue weighted by Gasteiger charge is 2.32. The van der Waals surface area contributed by atoms with Crippen LogP contribution in [0, 0.1) is 0 Å². The molecule has 2 aromatic rings. The van der Waals surface area contributed by atoms with Gasteiger partial charge in [-0.3, -0.25) is 14.5 Å². The lowest BCUT2D eigenvalue weighted by Gasteiger charge is -2.28. The average molecular weight is 294 g/mol. The Hall–Kier alpha value is -2.36. The number of piperidine rings is 1. The Morgan fingerprint density at radius 2 is 1.73 bits per heavy atom. The minimum absolute atomic E-state index is 0.0536. The number of anilines is 1. The van der Waals surface area contributed by atoms with Crippen molar-refractivity contribution < 1.29 is 9.59 Å². The molecule has 4 rings (SSSR count). The highest BCUT2D eigenvalue weighted by atomic mass is 16.2. The normalized spacial score (nSPS) is 17.4. The lowest BCUT2D eigenvalue weighted by atomic mass is 10.1. The standard InChI is InChI=1S/C18H18N2O2/c21-16(19-10-2-1-3-11-19)12-20-15-9-5-7-13-6-4-8-14(17(13)15)18(20)22/h4-9H,1-3,10-12H2. The maximum atomic E-state index is 12.7. The van der Waals surface area contributed by atoms with Crippen LogP contribution in [0.25, 0.3) is 10.8 Å². The van der Waals surface area contributed by atoms with Gasteiger partial charge in [-0.25, -0.2) is 0 Å². The van der Waals surface area contributed by atoms with Crippen molar-refractivity contribution >= 4 is 28.3 Å². The fourth-order valence-corrected chi connectivity index (χ4v) is 3.51. The average Bonchev–Trinajstić information content (AvgIpc) is 2.84. The van der Waals surface area contributed by atoms with Crippen LogP contribution >= 0.6 is 0 Å². The quantitative estimate of drug-likeness (QED) is 0.854. The van der Waals surface area contributed by atoms with Gasteiger partial charge in [0.2, 0.25) is 5.91 Å². The van der Waals surface area contributed by atoms with Crippen molar-refractivity contribution in [2.75, 3.05) is 24.5 Å². The third kappa shape index (κ3) is 1.98. The van der Waals surface area contributed by atoms with Crippen LogP contribution in [-0.2, 0) is 4.79 Å². The first-order valence-corrected chi connectivity index (χ1v) is 7.87. The highest BCUT2D eigenvalue weighted by molar-refractivity contribution is 6.26. The fraction of sp³-hybridized carbons (Fsp3) is 0.333. The van der Waals surface area contributed by atoms with E-state index in [1.807, 2.05) is 41.3 Å². The Bertz CT molecular complexity index is 758. The van der Waals surface area contributed by atoms with Gasteiger partial charge < -0.3 is 4.90 Å².